The molecule has 0 aliphatic heterocycles. The van der Waals surface area contributed by atoms with Gasteiger partial charge in [0.15, 0.2) is 0 Å². The largest absolute Gasteiger partial charge is 0.423 e. The smallest absolute Gasteiger partial charge is 0.343 e. The Balaban J connectivity index is 2.31. The Bertz CT molecular complexity index is 652. The summed E-state index contributed by atoms with van der Waals surface area (Å²) < 4.78 is 5.55. The van der Waals surface area contributed by atoms with Gasteiger partial charge in [0.1, 0.15) is 5.75 Å². The predicted molar refractivity (Wildman–Crippen MR) is 81.5 cm³/mol. The number of hydrogen-bond donors (Lipinski definition) is 0. The molecule has 2 aromatic carbocycles. The van der Waals surface area contributed by atoms with Crippen molar-refractivity contribution < 1.29 is 9.53 Å². The SMILES string of the molecule is Cc1ccc(C(=O)Oc2cc(C)c(C)c(C)c2C)cc1. The highest BCUT2D eigenvalue weighted by Crippen LogP contribution is 2.27. The Morgan fingerprint density at radius 3 is 2.05 bits per heavy atom. The van der Waals surface area contributed by atoms with Crippen LogP contribution in [0.4, 0.5) is 0 Å². The first-order valence-corrected chi connectivity index (χ1v) is 6.76. The van der Waals surface area contributed by atoms with Crippen molar-refractivity contribution in [1.29, 1.82) is 0 Å². The van der Waals surface area contributed by atoms with Crippen LogP contribution in [-0.2, 0) is 0 Å². The van der Waals surface area contributed by atoms with Crippen LogP contribution in [0.1, 0.15) is 38.2 Å². The third kappa shape index (κ3) is 2.74. The third-order valence-corrected chi connectivity index (χ3v) is 3.92. The van der Waals surface area contributed by atoms with Gasteiger partial charge in [-0.25, -0.2) is 4.79 Å². The summed E-state index contributed by atoms with van der Waals surface area (Å²) in [5, 5.41) is 0. The Morgan fingerprint density at radius 2 is 1.45 bits per heavy atom. The summed E-state index contributed by atoms with van der Waals surface area (Å²) in [7, 11) is 0. The van der Waals surface area contributed by atoms with E-state index in [1.54, 1.807) is 12.1 Å². The lowest BCUT2D eigenvalue weighted by Crippen LogP contribution is -2.10. The van der Waals surface area contributed by atoms with E-state index in [2.05, 4.69) is 13.8 Å². The molecule has 2 nitrogen and oxygen atoms in total. The number of rotatable bonds is 2. The van der Waals surface area contributed by atoms with E-state index < -0.39 is 0 Å². The van der Waals surface area contributed by atoms with Gasteiger partial charge in [-0.2, -0.15) is 0 Å². The van der Waals surface area contributed by atoms with Crippen LogP contribution in [0.25, 0.3) is 0 Å². The first-order valence-electron chi connectivity index (χ1n) is 6.76. The molecule has 20 heavy (non-hydrogen) atoms. The highest BCUT2D eigenvalue weighted by Gasteiger charge is 2.13. The fraction of sp³-hybridized carbons (Fsp3) is 0.278. The summed E-state index contributed by atoms with van der Waals surface area (Å²) in [4.78, 5) is 12.2. The van der Waals surface area contributed by atoms with Crippen LogP contribution >= 0.6 is 0 Å². The zero-order valence-electron chi connectivity index (χ0n) is 12.7. The number of hydrogen-bond acceptors (Lipinski definition) is 2. The summed E-state index contributed by atoms with van der Waals surface area (Å²) in [6.07, 6.45) is 0. The lowest BCUT2D eigenvalue weighted by molar-refractivity contribution is 0.0733. The maximum absolute atomic E-state index is 12.2. The molecule has 2 aromatic rings. The second kappa shape index (κ2) is 5.49. The standard InChI is InChI=1S/C18H20O2/c1-11-6-8-16(9-7-11)18(19)20-17-10-12(2)13(3)14(4)15(17)5/h6-10H,1-5H3. The van der Waals surface area contributed by atoms with E-state index in [4.69, 9.17) is 4.74 Å². The van der Waals surface area contributed by atoms with Gasteiger partial charge in [0.25, 0.3) is 0 Å². The molecule has 0 unspecified atom stereocenters. The van der Waals surface area contributed by atoms with Crippen molar-refractivity contribution in [2.75, 3.05) is 0 Å². The van der Waals surface area contributed by atoms with E-state index in [0.29, 0.717) is 11.3 Å². The van der Waals surface area contributed by atoms with E-state index in [-0.39, 0.29) is 5.97 Å². The number of carbonyl (C=O) groups is 1. The molecular weight excluding hydrogens is 248 g/mol. The van der Waals surface area contributed by atoms with Crippen molar-refractivity contribution in [3.8, 4) is 5.75 Å². The number of aryl methyl sites for hydroxylation is 2. The van der Waals surface area contributed by atoms with Gasteiger partial charge in [-0.3, -0.25) is 0 Å². The summed E-state index contributed by atoms with van der Waals surface area (Å²) in [5.74, 6) is 0.340. The normalized spacial score (nSPS) is 10.4. The van der Waals surface area contributed by atoms with Crippen molar-refractivity contribution in [2.45, 2.75) is 34.6 Å². The second-order valence-electron chi connectivity index (χ2n) is 5.32. The molecule has 2 rings (SSSR count). The van der Waals surface area contributed by atoms with E-state index in [1.807, 2.05) is 39.0 Å². The topological polar surface area (TPSA) is 26.3 Å². The Labute approximate surface area is 120 Å². The van der Waals surface area contributed by atoms with Crippen LogP contribution in [0.15, 0.2) is 30.3 Å². The van der Waals surface area contributed by atoms with E-state index in [1.165, 1.54) is 11.1 Å². The lowest BCUT2D eigenvalue weighted by atomic mass is 9.99. The predicted octanol–water partition coefficient (Wildman–Crippen LogP) is 4.45. The fourth-order valence-electron chi connectivity index (χ4n) is 2.13. The van der Waals surface area contributed by atoms with Gasteiger partial charge in [0, 0.05) is 0 Å². The molecule has 0 saturated carbocycles. The van der Waals surface area contributed by atoms with Crippen molar-refractivity contribution in [3.63, 3.8) is 0 Å². The molecule has 0 radical (unpaired) electrons. The maximum atomic E-state index is 12.2. The van der Waals surface area contributed by atoms with E-state index in [0.717, 1.165) is 16.7 Å². The number of benzene rings is 2. The molecular formula is C18H20O2. The third-order valence-electron chi connectivity index (χ3n) is 3.92. The average Bonchev–Trinajstić information content (AvgIpc) is 2.43. The van der Waals surface area contributed by atoms with Crippen LogP contribution in [-0.4, -0.2) is 5.97 Å². The molecule has 0 heterocycles. The Morgan fingerprint density at radius 1 is 0.850 bits per heavy atom. The molecule has 0 spiro atoms. The van der Waals surface area contributed by atoms with Crippen LogP contribution in [0.3, 0.4) is 0 Å². The summed E-state index contributed by atoms with van der Waals surface area (Å²) in [6, 6.07) is 9.34. The molecule has 0 saturated heterocycles. The quantitative estimate of drug-likeness (QED) is 0.594. The number of carbonyl (C=O) groups excluding carboxylic acids is 1. The average molecular weight is 268 g/mol. The molecule has 0 aromatic heterocycles. The van der Waals surface area contributed by atoms with Gasteiger partial charge in [0.2, 0.25) is 0 Å². The zero-order chi connectivity index (χ0) is 14.9. The zero-order valence-corrected chi connectivity index (χ0v) is 12.7. The first-order chi connectivity index (χ1) is 9.40. The van der Waals surface area contributed by atoms with Crippen molar-refractivity contribution in [2.24, 2.45) is 0 Å². The molecule has 0 aliphatic carbocycles. The molecule has 0 amide bonds. The summed E-state index contributed by atoms with van der Waals surface area (Å²) in [6.45, 7) is 10.2. The molecule has 0 fully saturated rings. The van der Waals surface area contributed by atoms with Gasteiger partial charge < -0.3 is 4.74 Å². The fourth-order valence-corrected chi connectivity index (χ4v) is 2.13. The van der Waals surface area contributed by atoms with Crippen LogP contribution in [0, 0.1) is 34.6 Å². The molecule has 104 valence electrons. The summed E-state index contributed by atoms with van der Waals surface area (Å²) >= 11 is 0. The minimum Gasteiger partial charge on any atom is -0.423 e. The highest BCUT2D eigenvalue weighted by atomic mass is 16.5. The van der Waals surface area contributed by atoms with Crippen molar-refractivity contribution >= 4 is 5.97 Å². The molecule has 0 bridgehead atoms. The van der Waals surface area contributed by atoms with Gasteiger partial charge in [-0.1, -0.05) is 17.7 Å². The maximum Gasteiger partial charge on any atom is 0.343 e. The van der Waals surface area contributed by atoms with Gasteiger partial charge in [-0.15, -0.1) is 0 Å². The van der Waals surface area contributed by atoms with Crippen LogP contribution < -0.4 is 4.74 Å². The van der Waals surface area contributed by atoms with E-state index in [9.17, 15) is 4.79 Å². The minimum atomic E-state index is -0.309. The molecule has 2 heteroatoms. The first kappa shape index (κ1) is 14.3. The van der Waals surface area contributed by atoms with Gasteiger partial charge in [-0.05, 0) is 75.1 Å². The van der Waals surface area contributed by atoms with Crippen molar-refractivity contribution in [3.05, 3.63) is 63.7 Å². The second-order valence-corrected chi connectivity index (χ2v) is 5.32. The van der Waals surface area contributed by atoms with E-state index >= 15 is 0 Å². The van der Waals surface area contributed by atoms with Crippen molar-refractivity contribution in [1.82, 2.24) is 0 Å². The van der Waals surface area contributed by atoms with Crippen LogP contribution in [0.2, 0.25) is 0 Å². The molecule has 0 atom stereocenters. The minimum absolute atomic E-state index is 0.309. The summed E-state index contributed by atoms with van der Waals surface area (Å²) in [5.41, 5.74) is 6.29. The molecule has 0 aliphatic rings. The molecule has 0 N–H and O–H groups in total. The van der Waals surface area contributed by atoms with Gasteiger partial charge in [0.05, 0.1) is 5.56 Å². The number of esters is 1. The highest BCUT2D eigenvalue weighted by molar-refractivity contribution is 5.91. The number of ether oxygens (including phenoxy) is 1. The lowest BCUT2D eigenvalue weighted by Gasteiger charge is -2.14. The Kier molecular flexibility index (Phi) is 3.93. The Hall–Kier alpha value is -2.09. The van der Waals surface area contributed by atoms with Gasteiger partial charge >= 0.3 is 5.97 Å². The monoisotopic (exact) mass is 268 g/mol. The van der Waals surface area contributed by atoms with Crippen LogP contribution in [0.5, 0.6) is 5.75 Å².